The molecule has 0 unspecified atom stereocenters. The molecule has 6 nitrogen and oxygen atoms in total. The number of aliphatic hydroxyl groups is 1. The van der Waals surface area contributed by atoms with E-state index in [9.17, 15) is 9.90 Å². The van der Waals surface area contributed by atoms with E-state index >= 15 is 0 Å². The molecule has 6 heteroatoms. The predicted molar refractivity (Wildman–Crippen MR) is 92.6 cm³/mol. The minimum atomic E-state index is -0.647. The Labute approximate surface area is 143 Å². The van der Waals surface area contributed by atoms with Gasteiger partial charge in [-0.1, -0.05) is 20.8 Å². The van der Waals surface area contributed by atoms with Crippen molar-refractivity contribution >= 4 is 5.91 Å². The zero-order valence-corrected chi connectivity index (χ0v) is 15.0. The summed E-state index contributed by atoms with van der Waals surface area (Å²) >= 11 is 0. The fraction of sp³-hybridized carbons (Fsp3) is 0.611. The van der Waals surface area contributed by atoms with Gasteiger partial charge in [0.25, 0.3) is 0 Å². The van der Waals surface area contributed by atoms with Gasteiger partial charge in [-0.25, -0.2) is 0 Å². The lowest BCUT2D eigenvalue weighted by Gasteiger charge is -2.29. The summed E-state index contributed by atoms with van der Waals surface area (Å²) in [4.78, 5) is 13.3. The largest absolute Gasteiger partial charge is 0.497 e. The molecular formula is C18H28N2O4. The summed E-state index contributed by atoms with van der Waals surface area (Å²) < 4.78 is 11.2. The van der Waals surface area contributed by atoms with Gasteiger partial charge >= 0.3 is 0 Å². The lowest BCUT2D eigenvalue weighted by molar-refractivity contribution is -0.124. The van der Waals surface area contributed by atoms with Crippen molar-refractivity contribution in [3.05, 3.63) is 23.8 Å². The minimum Gasteiger partial charge on any atom is -0.497 e. The van der Waals surface area contributed by atoms with Gasteiger partial charge in [-0.05, 0) is 23.6 Å². The van der Waals surface area contributed by atoms with Crippen LogP contribution in [0.4, 0.5) is 0 Å². The third-order valence-electron chi connectivity index (χ3n) is 4.01. The fourth-order valence-electron chi connectivity index (χ4n) is 2.73. The summed E-state index contributed by atoms with van der Waals surface area (Å²) in [6, 6.07) is 5.70. The third-order valence-corrected chi connectivity index (χ3v) is 4.01. The first kappa shape index (κ1) is 18.5. The van der Waals surface area contributed by atoms with Crippen LogP contribution >= 0.6 is 0 Å². The molecule has 0 saturated carbocycles. The molecule has 1 atom stereocenters. The first-order valence-corrected chi connectivity index (χ1v) is 8.28. The highest BCUT2D eigenvalue weighted by molar-refractivity contribution is 5.78. The summed E-state index contributed by atoms with van der Waals surface area (Å²) in [5.74, 6) is 1.53. The number of rotatable bonds is 6. The van der Waals surface area contributed by atoms with Crippen LogP contribution in [-0.2, 0) is 10.2 Å². The summed E-state index contributed by atoms with van der Waals surface area (Å²) in [6.07, 6.45) is -0.647. The smallest absolute Gasteiger partial charge is 0.234 e. The van der Waals surface area contributed by atoms with Crippen molar-refractivity contribution in [1.82, 2.24) is 10.2 Å². The summed E-state index contributed by atoms with van der Waals surface area (Å²) in [5.41, 5.74) is 0.936. The zero-order valence-electron chi connectivity index (χ0n) is 15.0. The molecule has 24 heavy (non-hydrogen) atoms. The van der Waals surface area contributed by atoms with E-state index in [2.05, 4.69) is 26.1 Å². The standard InChI is InChI=1S/C18H28N2O4/c1-18(2,3)15-9-14(23-4)5-6-16(15)24-12-13(21)10-20-8-7-19-17(22)11-20/h5-6,9,13,21H,7-8,10-12H2,1-4H3,(H,19,22)/t13-/m0/s1. The molecule has 1 amide bonds. The molecule has 1 fully saturated rings. The summed E-state index contributed by atoms with van der Waals surface area (Å²) in [5, 5.41) is 13.0. The number of aliphatic hydroxyl groups excluding tert-OH is 1. The number of carbonyl (C=O) groups excluding carboxylic acids is 1. The molecular weight excluding hydrogens is 308 g/mol. The minimum absolute atomic E-state index is 0.000424. The van der Waals surface area contributed by atoms with Crippen molar-refractivity contribution in [2.24, 2.45) is 0 Å². The van der Waals surface area contributed by atoms with E-state index in [4.69, 9.17) is 9.47 Å². The molecule has 1 aromatic carbocycles. The molecule has 1 aliphatic heterocycles. The van der Waals surface area contributed by atoms with E-state index in [0.717, 1.165) is 23.6 Å². The van der Waals surface area contributed by atoms with Crippen LogP contribution in [0.15, 0.2) is 18.2 Å². The first-order chi connectivity index (χ1) is 11.3. The van der Waals surface area contributed by atoms with Crippen molar-refractivity contribution in [3.63, 3.8) is 0 Å². The van der Waals surface area contributed by atoms with E-state index in [-0.39, 0.29) is 17.9 Å². The van der Waals surface area contributed by atoms with Crippen LogP contribution in [0.1, 0.15) is 26.3 Å². The van der Waals surface area contributed by atoms with E-state index in [0.29, 0.717) is 19.6 Å². The third kappa shape index (κ3) is 5.11. The topological polar surface area (TPSA) is 71.0 Å². The molecule has 0 aromatic heterocycles. The Balaban J connectivity index is 1.96. The number of carbonyl (C=O) groups is 1. The Morgan fingerprint density at radius 1 is 1.38 bits per heavy atom. The van der Waals surface area contributed by atoms with Crippen LogP contribution in [0.5, 0.6) is 11.5 Å². The van der Waals surface area contributed by atoms with Gasteiger partial charge in [-0.15, -0.1) is 0 Å². The SMILES string of the molecule is COc1ccc(OC[C@@H](O)CN2CCNC(=O)C2)c(C(C)(C)C)c1. The maximum Gasteiger partial charge on any atom is 0.234 e. The number of methoxy groups -OCH3 is 1. The maximum absolute atomic E-state index is 11.4. The van der Waals surface area contributed by atoms with Gasteiger partial charge < -0.3 is 19.9 Å². The molecule has 1 heterocycles. The van der Waals surface area contributed by atoms with Gasteiger partial charge in [0.05, 0.1) is 13.7 Å². The average molecular weight is 336 g/mol. The van der Waals surface area contributed by atoms with E-state index in [1.54, 1.807) is 7.11 Å². The van der Waals surface area contributed by atoms with E-state index < -0.39 is 6.10 Å². The summed E-state index contributed by atoms with van der Waals surface area (Å²) in [7, 11) is 1.64. The monoisotopic (exact) mass is 336 g/mol. The van der Waals surface area contributed by atoms with Crippen LogP contribution in [0.25, 0.3) is 0 Å². The maximum atomic E-state index is 11.4. The molecule has 0 spiro atoms. The highest BCUT2D eigenvalue weighted by Gasteiger charge is 2.22. The van der Waals surface area contributed by atoms with Crippen LogP contribution in [0.3, 0.4) is 0 Å². The second-order valence-electron chi connectivity index (χ2n) is 7.16. The van der Waals surface area contributed by atoms with Crippen molar-refractivity contribution < 1.29 is 19.4 Å². The first-order valence-electron chi connectivity index (χ1n) is 8.28. The van der Waals surface area contributed by atoms with Crippen molar-refractivity contribution in [1.29, 1.82) is 0 Å². The number of amides is 1. The number of hydrogen-bond acceptors (Lipinski definition) is 5. The molecule has 0 bridgehead atoms. The number of nitrogens with one attached hydrogen (secondary N) is 1. The Kier molecular flexibility index (Phi) is 6.07. The molecule has 2 N–H and O–H groups in total. The Hall–Kier alpha value is -1.79. The van der Waals surface area contributed by atoms with Gasteiger partial charge in [0.15, 0.2) is 0 Å². The molecule has 0 aliphatic carbocycles. The molecule has 2 rings (SSSR count). The number of β-amino-alcohol motifs (C(OH)–C–C–N with tert-alkyl or cyclic N) is 1. The summed E-state index contributed by atoms with van der Waals surface area (Å²) in [6.45, 7) is 8.64. The van der Waals surface area contributed by atoms with E-state index in [1.807, 2.05) is 23.1 Å². The lowest BCUT2D eigenvalue weighted by Crippen LogP contribution is -2.50. The lowest BCUT2D eigenvalue weighted by atomic mass is 9.86. The van der Waals surface area contributed by atoms with E-state index in [1.165, 1.54) is 0 Å². The van der Waals surface area contributed by atoms with Crippen molar-refractivity contribution in [2.75, 3.05) is 39.9 Å². The quantitative estimate of drug-likeness (QED) is 0.816. The van der Waals surface area contributed by atoms with Crippen molar-refractivity contribution in [2.45, 2.75) is 32.3 Å². The molecule has 0 radical (unpaired) electrons. The van der Waals surface area contributed by atoms with Crippen LogP contribution in [-0.4, -0.2) is 61.9 Å². The van der Waals surface area contributed by atoms with Crippen LogP contribution < -0.4 is 14.8 Å². The molecule has 1 aromatic rings. The van der Waals surface area contributed by atoms with Crippen LogP contribution in [0.2, 0.25) is 0 Å². The molecule has 1 saturated heterocycles. The van der Waals surface area contributed by atoms with Gasteiger partial charge in [-0.3, -0.25) is 9.69 Å². The Bertz CT molecular complexity index is 569. The predicted octanol–water partition coefficient (Wildman–Crippen LogP) is 1.16. The Morgan fingerprint density at radius 3 is 2.75 bits per heavy atom. The number of nitrogens with zero attached hydrogens (tertiary/aromatic N) is 1. The fourth-order valence-corrected chi connectivity index (χ4v) is 2.73. The van der Waals surface area contributed by atoms with Gasteiger partial charge in [0, 0.05) is 25.2 Å². The van der Waals surface area contributed by atoms with Gasteiger partial charge in [0.2, 0.25) is 5.91 Å². The number of ether oxygens (including phenoxy) is 2. The number of piperazine rings is 1. The Morgan fingerprint density at radius 2 is 2.12 bits per heavy atom. The van der Waals surface area contributed by atoms with Gasteiger partial charge in [0.1, 0.15) is 24.2 Å². The second-order valence-corrected chi connectivity index (χ2v) is 7.16. The van der Waals surface area contributed by atoms with Crippen LogP contribution in [0, 0.1) is 0 Å². The van der Waals surface area contributed by atoms with Gasteiger partial charge in [-0.2, -0.15) is 0 Å². The van der Waals surface area contributed by atoms with Crippen molar-refractivity contribution in [3.8, 4) is 11.5 Å². The average Bonchev–Trinajstić information content (AvgIpc) is 2.52. The normalized spacial score (nSPS) is 17.3. The number of hydrogen-bond donors (Lipinski definition) is 2. The highest BCUT2D eigenvalue weighted by Crippen LogP contribution is 2.34. The zero-order chi connectivity index (χ0) is 17.7. The number of benzene rings is 1. The molecule has 1 aliphatic rings. The second kappa shape index (κ2) is 7.85. The highest BCUT2D eigenvalue weighted by atomic mass is 16.5. The molecule has 134 valence electrons.